The van der Waals surface area contributed by atoms with E-state index in [9.17, 15) is 9.59 Å². The summed E-state index contributed by atoms with van der Waals surface area (Å²) in [5, 5.41) is 0. The minimum Gasteiger partial charge on any atom is -0.328 e. The molecule has 2 N–H and O–H groups in total. The molecule has 0 spiro atoms. The second kappa shape index (κ2) is 5.98. The van der Waals surface area contributed by atoms with E-state index in [1.807, 2.05) is 37.3 Å². The van der Waals surface area contributed by atoms with Gasteiger partial charge in [0, 0.05) is 13.0 Å². The lowest BCUT2D eigenvalue weighted by Gasteiger charge is -2.38. The molecule has 114 valence electrons. The molecule has 1 aliphatic heterocycles. The Morgan fingerprint density at radius 1 is 1.29 bits per heavy atom. The van der Waals surface area contributed by atoms with Crippen molar-refractivity contribution in [2.45, 2.75) is 45.1 Å². The molecule has 0 aliphatic carbocycles. The Morgan fingerprint density at radius 2 is 1.90 bits per heavy atom. The van der Waals surface area contributed by atoms with Crippen LogP contribution in [0.15, 0.2) is 30.3 Å². The van der Waals surface area contributed by atoms with E-state index in [0.717, 1.165) is 12.0 Å². The molecule has 1 saturated heterocycles. The third-order valence-electron chi connectivity index (χ3n) is 4.18. The fourth-order valence-electron chi connectivity index (χ4n) is 3.29. The molecule has 2 atom stereocenters. The molecule has 1 aliphatic rings. The zero-order valence-electron chi connectivity index (χ0n) is 13.0. The van der Waals surface area contributed by atoms with Crippen molar-refractivity contribution in [1.82, 2.24) is 4.90 Å². The van der Waals surface area contributed by atoms with Crippen LogP contribution in [0.4, 0.5) is 0 Å². The molecule has 1 fully saturated rings. The summed E-state index contributed by atoms with van der Waals surface area (Å²) in [6.45, 7) is 6.36. The number of hydrogen-bond acceptors (Lipinski definition) is 3. The number of hydrogen-bond donors (Lipinski definition) is 1. The number of nitrogens with two attached hydrogens (primary N) is 1. The van der Waals surface area contributed by atoms with Crippen molar-refractivity contribution in [2.24, 2.45) is 11.7 Å². The number of carbonyl (C=O) groups excluding carboxylic acids is 2. The van der Waals surface area contributed by atoms with Gasteiger partial charge in [-0.2, -0.15) is 0 Å². The molecular weight excluding hydrogens is 264 g/mol. The third-order valence-corrected chi connectivity index (χ3v) is 4.18. The van der Waals surface area contributed by atoms with Crippen LogP contribution in [0.5, 0.6) is 0 Å². The fourth-order valence-corrected chi connectivity index (χ4v) is 3.29. The summed E-state index contributed by atoms with van der Waals surface area (Å²) in [4.78, 5) is 26.6. The Hall–Kier alpha value is -1.68. The van der Waals surface area contributed by atoms with Crippen LogP contribution in [0, 0.1) is 5.92 Å². The number of benzene rings is 1. The third kappa shape index (κ3) is 3.00. The van der Waals surface area contributed by atoms with E-state index in [0.29, 0.717) is 12.5 Å². The van der Waals surface area contributed by atoms with Crippen molar-refractivity contribution in [2.75, 3.05) is 6.54 Å². The van der Waals surface area contributed by atoms with Crippen molar-refractivity contribution in [3.05, 3.63) is 35.9 Å². The molecule has 2 rings (SSSR count). The second-order valence-electron chi connectivity index (χ2n) is 6.53. The van der Waals surface area contributed by atoms with Gasteiger partial charge in [-0.25, -0.2) is 0 Å². The fraction of sp³-hybridized carbons (Fsp3) is 0.529. The van der Waals surface area contributed by atoms with Gasteiger partial charge in [0.1, 0.15) is 0 Å². The lowest BCUT2D eigenvalue weighted by Crippen LogP contribution is -2.55. The summed E-state index contributed by atoms with van der Waals surface area (Å²) in [6.07, 6.45) is 0.971. The number of carbonyl (C=O) groups is 2. The van der Waals surface area contributed by atoms with Crippen LogP contribution in [-0.2, 0) is 9.59 Å². The normalized spacial score (nSPS) is 22.0. The zero-order chi connectivity index (χ0) is 15.6. The first-order valence-corrected chi connectivity index (χ1v) is 7.51. The van der Waals surface area contributed by atoms with Crippen molar-refractivity contribution >= 4 is 11.8 Å². The van der Waals surface area contributed by atoms with Crippen LogP contribution in [0.2, 0.25) is 0 Å². The van der Waals surface area contributed by atoms with Gasteiger partial charge in [-0.05, 0) is 24.8 Å². The van der Waals surface area contributed by atoms with Crippen molar-refractivity contribution in [1.29, 1.82) is 0 Å². The molecule has 21 heavy (non-hydrogen) atoms. The summed E-state index contributed by atoms with van der Waals surface area (Å²) in [7, 11) is 0. The average Bonchev–Trinajstić information content (AvgIpc) is 2.74. The van der Waals surface area contributed by atoms with Crippen molar-refractivity contribution < 1.29 is 9.59 Å². The van der Waals surface area contributed by atoms with E-state index < -0.39 is 5.54 Å². The summed E-state index contributed by atoms with van der Waals surface area (Å²) in [5.41, 5.74) is 6.21. The highest BCUT2D eigenvalue weighted by molar-refractivity contribution is 6.07. The molecule has 4 heteroatoms. The topological polar surface area (TPSA) is 63.4 Å². The minimum absolute atomic E-state index is 0.109. The Bertz CT molecular complexity index is 527. The quantitative estimate of drug-likeness (QED) is 0.846. The number of amides is 2. The SMILES string of the molecule is CC(C)CC(C)(CN)N1C(=O)CC(c2ccccc2)C1=O. The van der Waals surface area contributed by atoms with E-state index in [4.69, 9.17) is 5.73 Å². The van der Waals surface area contributed by atoms with E-state index in [1.54, 1.807) is 0 Å². The van der Waals surface area contributed by atoms with Gasteiger partial charge < -0.3 is 5.73 Å². The Morgan fingerprint density at radius 3 is 2.43 bits per heavy atom. The van der Waals surface area contributed by atoms with Gasteiger partial charge >= 0.3 is 0 Å². The maximum absolute atomic E-state index is 12.8. The van der Waals surface area contributed by atoms with Gasteiger partial charge in [-0.1, -0.05) is 44.2 Å². The molecule has 1 aromatic rings. The van der Waals surface area contributed by atoms with E-state index >= 15 is 0 Å². The predicted octanol–water partition coefficient (Wildman–Crippen LogP) is 2.29. The van der Waals surface area contributed by atoms with Gasteiger partial charge in [0.2, 0.25) is 11.8 Å². The molecule has 0 saturated carbocycles. The van der Waals surface area contributed by atoms with Gasteiger partial charge in [0.25, 0.3) is 0 Å². The predicted molar refractivity (Wildman–Crippen MR) is 82.6 cm³/mol. The highest BCUT2D eigenvalue weighted by Crippen LogP contribution is 2.36. The molecule has 1 aromatic carbocycles. The van der Waals surface area contributed by atoms with Crippen LogP contribution in [-0.4, -0.2) is 28.8 Å². The smallest absolute Gasteiger partial charge is 0.237 e. The Labute approximate surface area is 126 Å². The van der Waals surface area contributed by atoms with Crippen molar-refractivity contribution in [3.63, 3.8) is 0 Å². The molecule has 4 nitrogen and oxygen atoms in total. The average molecular weight is 288 g/mol. The van der Waals surface area contributed by atoms with E-state index in [1.165, 1.54) is 4.90 Å². The Kier molecular flexibility index (Phi) is 4.47. The lowest BCUT2D eigenvalue weighted by molar-refractivity contribution is -0.145. The standard InChI is InChI=1S/C17H24N2O2/c1-12(2)10-17(3,11-18)19-15(20)9-14(16(19)21)13-7-5-4-6-8-13/h4-8,12,14H,9-11,18H2,1-3H3. The monoisotopic (exact) mass is 288 g/mol. The van der Waals surface area contributed by atoms with Gasteiger partial charge in [0.15, 0.2) is 0 Å². The van der Waals surface area contributed by atoms with Crippen LogP contribution >= 0.6 is 0 Å². The van der Waals surface area contributed by atoms with Crippen LogP contribution in [0.1, 0.15) is 45.1 Å². The summed E-state index contributed by atoms with van der Waals surface area (Å²) < 4.78 is 0. The van der Waals surface area contributed by atoms with Crippen LogP contribution in [0.3, 0.4) is 0 Å². The molecule has 1 heterocycles. The number of imide groups is 1. The highest BCUT2D eigenvalue weighted by Gasteiger charge is 2.47. The maximum atomic E-state index is 12.8. The van der Waals surface area contributed by atoms with Gasteiger partial charge in [-0.3, -0.25) is 14.5 Å². The molecule has 0 aromatic heterocycles. The number of nitrogens with zero attached hydrogens (tertiary/aromatic N) is 1. The summed E-state index contributed by atoms with van der Waals surface area (Å²) >= 11 is 0. The molecule has 0 bridgehead atoms. The highest BCUT2D eigenvalue weighted by atomic mass is 16.2. The largest absolute Gasteiger partial charge is 0.328 e. The zero-order valence-corrected chi connectivity index (χ0v) is 13.0. The first-order chi connectivity index (χ1) is 9.89. The second-order valence-corrected chi connectivity index (χ2v) is 6.53. The number of rotatable bonds is 5. The molecule has 2 amide bonds. The summed E-state index contributed by atoms with van der Waals surface area (Å²) in [5.74, 6) is -0.214. The molecule has 0 radical (unpaired) electrons. The minimum atomic E-state index is -0.591. The van der Waals surface area contributed by atoms with Crippen molar-refractivity contribution in [3.8, 4) is 0 Å². The first-order valence-electron chi connectivity index (χ1n) is 7.51. The summed E-state index contributed by atoms with van der Waals surface area (Å²) in [6, 6.07) is 9.51. The Balaban J connectivity index is 2.30. The molecule has 2 unspecified atom stereocenters. The van der Waals surface area contributed by atoms with Gasteiger partial charge in [-0.15, -0.1) is 0 Å². The maximum Gasteiger partial charge on any atom is 0.237 e. The van der Waals surface area contributed by atoms with Gasteiger partial charge in [0.05, 0.1) is 11.5 Å². The van der Waals surface area contributed by atoms with E-state index in [2.05, 4.69) is 13.8 Å². The van der Waals surface area contributed by atoms with Crippen LogP contribution in [0.25, 0.3) is 0 Å². The first kappa shape index (κ1) is 15.7. The number of likely N-dealkylation sites (tertiary alicyclic amines) is 1. The van der Waals surface area contributed by atoms with E-state index in [-0.39, 0.29) is 24.2 Å². The lowest BCUT2D eigenvalue weighted by atomic mass is 9.89. The molecular formula is C17H24N2O2. The van der Waals surface area contributed by atoms with Crippen LogP contribution < -0.4 is 5.73 Å².